The molecule has 9 heteroatoms. The van der Waals surface area contributed by atoms with Gasteiger partial charge < -0.3 is 15.0 Å². The molecule has 2 rings (SSSR count). The second kappa shape index (κ2) is 4.42. The Balaban J connectivity index is 2.37. The summed E-state index contributed by atoms with van der Waals surface area (Å²) in [5.41, 5.74) is 5.24. The van der Waals surface area contributed by atoms with Crippen molar-refractivity contribution < 1.29 is 17.7 Å². The van der Waals surface area contributed by atoms with Crippen molar-refractivity contribution in [3.8, 4) is 0 Å². The topological polar surface area (TPSA) is 118 Å². The molecular formula is C11H18BN3O4S. The van der Waals surface area contributed by atoms with Crippen molar-refractivity contribution in [1.82, 2.24) is 4.98 Å². The maximum atomic E-state index is 11.2. The molecule has 0 spiro atoms. The first-order valence-corrected chi connectivity index (χ1v) is 7.63. The van der Waals surface area contributed by atoms with E-state index in [4.69, 9.17) is 20.2 Å². The van der Waals surface area contributed by atoms with E-state index in [1.165, 1.54) is 12.1 Å². The van der Waals surface area contributed by atoms with Gasteiger partial charge in [0.15, 0.2) is 5.03 Å². The molecule has 1 fully saturated rings. The standard InChI is InChI=1S/C11H18BN3O4S/c1-10(2)11(3,4)19-12(18-10)7-5-6-8(15-9(7)13)20(14,16)17/h5-6H,1-4H3,(H2,13,15)(H2,14,16,17). The fourth-order valence-electron chi connectivity index (χ4n) is 1.79. The van der Waals surface area contributed by atoms with E-state index in [9.17, 15) is 8.42 Å². The fourth-order valence-corrected chi connectivity index (χ4v) is 2.28. The second-order valence-electron chi connectivity index (χ2n) is 5.76. The monoisotopic (exact) mass is 299 g/mol. The first-order chi connectivity index (χ1) is 8.94. The molecule has 0 unspecified atom stereocenters. The highest BCUT2D eigenvalue weighted by atomic mass is 32.2. The summed E-state index contributed by atoms with van der Waals surface area (Å²) in [4.78, 5) is 3.79. The zero-order valence-corrected chi connectivity index (χ0v) is 12.7. The highest BCUT2D eigenvalue weighted by Gasteiger charge is 2.52. The maximum absolute atomic E-state index is 11.2. The van der Waals surface area contributed by atoms with Gasteiger partial charge in [-0.25, -0.2) is 18.5 Å². The Morgan fingerprint density at radius 2 is 1.65 bits per heavy atom. The largest absolute Gasteiger partial charge is 0.498 e. The number of hydrogen-bond donors (Lipinski definition) is 2. The second-order valence-corrected chi connectivity index (χ2v) is 7.27. The quantitative estimate of drug-likeness (QED) is 0.718. The van der Waals surface area contributed by atoms with Crippen LogP contribution in [0.3, 0.4) is 0 Å². The Kier molecular flexibility index (Phi) is 3.37. The summed E-state index contributed by atoms with van der Waals surface area (Å²) >= 11 is 0. The van der Waals surface area contributed by atoms with E-state index in [1.54, 1.807) is 0 Å². The highest BCUT2D eigenvalue weighted by Crippen LogP contribution is 2.36. The minimum absolute atomic E-state index is 0.0232. The molecule has 0 aromatic carbocycles. The predicted molar refractivity (Wildman–Crippen MR) is 75.7 cm³/mol. The van der Waals surface area contributed by atoms with Crippen LogP contribution in [-0.2, 0) is 19.3 Å². The van der Waals surface area contributed by atoms with E-state index in [1.807, 2.05) is 27.7 Å². The lowest BCUT2D eigenvalue weighted by molar-refractivity contribution is 0.00578. The molecule has 1 aromatic heterocycles. The molecule has 0 atom stereocenters. The summed E-state index contributed by atoms with van der Waals surface area (Å²) in [7, 11) is -4.58. The van der Waals surface area contributed by atoms with E-state index in [0.717, 1.165) is 0 Å². The Morgan fingerprint density at radius 1 is 1.15 bits per heavy atom. The van der Waals surface area contributed by atoms with Crippen LogP contribution in [0, 0.1) is 0 Å². The first-order valence-electron chi connectivity index (χ1n) is 6.09. The van der Waals surface area contributed by atoms with Gasteiger partial charge in [-0.05, 0) is 33.8 Å². The molecule has 4 N–H and O–H groups in total. The van der Waals surface area contributed by atoms with E-state index < -0.39 is 28.3 Å². The fraction of sp³-hybridized carbons (Fsp3) is 0.545. The smallest absolute Gasteiger partial charge is 0.399 e. The van der Waals surface area contributed by atoms with Crippen molar-refractivity contribution >= 4 is 28.4 Å². The van der Waals surface area contributed by atoms with Gasteiger partial charge in [-0.3, -0.25) is 0 Å². The zero-order chi connectivity index (χ0) is 15.3. The van der Waals surface area contributed by atoms with Crippen LogP contribution in [0.1, 0.15) is 27.7 Å². The molecule has 1 aliphatic rings. The third-order valence-electron chi connectivity index (χ3n) is 3.73. The van der Waals surface area contributed by atoms with Crippen molar-refractivity contribution in [2.45, 2.75) is 43.9 Å². The summed E-state index contributed by atoms with van der Waals surface area (Å²) in [6, 6.07) is 2.79. The van der Waals surface area contributed by atoms with E-state index in [-0.39, 0.29) is 10.8 Å². The molecule has 1 aromatic rings. The first kappa shape index (κ1) is 15.2. The molecule has 1 aliphatic heterocycles. The number of anilines is 1. The van der Waals surface area contributed by atoms with Crippen LogP contribution >= 0.6 is 0 Å². The lowest BCUT2D eigenvalue weighted by atomic mass is 9.79. The number of sulfonamides is 1. The van der Waals surface area contributed by atoms with Crippen LogP contribution in [0.2, 0.25) is 0 Å². The SMILES string of the molecule is CC1(C)OB(c2ccc(S(N)(=O)=O)nc2N)OC1(C)C. The molecule has 110 valence electrons. The average Bonchev–Trinajstić information content (AvgIpc) is 2.46. The number of hydrogen-bond acceptors (Lipinski definition) is 6. The van der Waals surface area contributed by atoms with Crippen LogP contribution in [-0.4, -0.2) is 31.7 Å². The van der Waals surface area contributed by atoms with Crippen LogP contribution in [0.4, 0.5) is 5.82 Å². The number of pyridine rings is 1. The van der Waals surface area contributed by atoms with Gasteiger partial charge in [0.1, 0.15) is 5.82 Å². The van der Waals surface area contributed by atoms with Gasteiger partial charge in [0.2, 0.25) is 0 Å². The molecule has 20 heavy (non-hydrogen) atoms. The van der Waals surface area contributed by atoms with Crippen molar-refractivity contribution in [2.24, 2.45) is 5.14 Å². The molecule has 0 bridgehead atoms. The van der Waals surface area contributed by atoms with Crippen molar-refractivity contribution in [3.63, 3.8) is 0 Å². The number of nitrogen functional groups attached to an aromatic ring is 1. The molecule has 0 saturated carbocycles. The number of aromatic nitrogens is 1. The predicted octanol–water partition coefficient (Wildman–Crippen LogP) is -0.390. The van der Waals surface area contributed by atoms with E-state index in [2.05, 4.69) is 4.98 Å². The Labute approximate surface area is 118 Å². The molecule has 2 heterocycles. The third kappa shape index (κ3) is 2.53. The van der Waals surface area contributed by atoms with Gasteiger partial charge in [-0.1, -0.05) is 6.07 Å². The van der Waals surface area contributed by atoms with Crippen LogP contribution in [0.25, 0.3) is 0 Å². The minimum atomic E-state index is -3.88. The van der Waals surface area contributed by atoms with Gasteiger partial charge in [-0.2, -0.15) is 0 Å². The lowest BCUT2D eigenvalue weighted by Crippen LogP contribution is -2.41. The number of rotatable bonds is 2. The number of nitrogens with two attached hydrogens (primary N) is 2. The molecule has 0 amide bonds. The van der Waals surface area contributed by atoms with E-state index in [0.29, 0.717) is 5.46 Å². The van der Waals surface area contributed by atoms with Crippen molar-refractivity contribution in [1.29, 1.82) is 0 Å². The summed E-state index contributed by atoms with van der Waals surface area (Å²) in [6.45, 7) is 7.65. The average molecular weight is 299 g/mol. The van der Waals surface area contributed by atoms with Crippen molar-refractivity contribution in [2.75, 3.05) is 5.73 Å². The van der Waals surface area contributed by atoms with Crippen molar-refractivity contribution in [3.05, 3.63) is 12.1 Å². The van der Waals surface area contributed by atoms with Gasteiger partial charge in [0, 0.05) is 5.46 Å². The molecule has 1 saturated heterocycles. The Bertz CT molecular complexity index is 629. The normalized spacial score (nSPS) is 21.1. The summed E-state index contributed by atoms with van der Waals surface area (Å²) in [5.74, 6) is 0.0232. The van der Waals surface area contributed by atoms with E-state index >= 15 is 0 Å². The van der Waals surface area contributed by atoms with Gasteiger partial charge in [0.05, 0.1) is 11.2 Å². The van der Waals surface area contributed by atoms with Crippen LogP contribution in [0.15, 0.2) is 17.2 Å². The van der Waals surface area contributed by atoms with Crippen LogP contribution in [0.5, 0.6) is 0 Å². The maximum Gasteiger partial charge on any atom is 0.498 e. The van der Waals surface area contributed by atoms with Crippen LogP contribution < -0.4 is 16.3 Å². The van der Waals surface area contributed by atoms with Gasteiger partial charge in [0.25, 0.3) is 10.0 Å². The summed E-state index contributed by atoms with van der Waals surface area (Å²) in [6.07, 6.45) is 0. The number of nitrogens with zero attached hydrogens (tertiary/aromatic N) is 1. The van der Waals surface area contributed by atoms with Gasteiger partial charge >= 0.3 is 7.12 Å². The summed E-state index contributed by atoms with van der Waals surface area (Å²) < 4.78 is 34.1. The zero-order valence-electron chi connectivity index (χ0n) is 11.9. The molecular weight excluding hydrogens is 281 g/mol. The lowest BCUT2D eigenvalue weighted by Gasteiger charge is -2.32. The third-order valence-corrected chi connectivity index (χ3v) is 4.54. The molecule has 7 nitrogen and oxygen atoms in total. The van der Waals surface area contributed by atoms with Gasteiger partial charge in [-0.15, -0.1) is 0 Å². The Hall–Kier alpha value is -1.16. The molecule has 0 radical (unpaired) electrons. The Morgan fingerprint density at radius 3 is 2.05 bits per heavy atom. The number of primary sulfonamides is 1. The highest BCUT2D eigenvalue weighted by molar-refractivity contribution is 7.89. The summed E-state index contributed by atoms with van der Waals surface area (Å²) in [5, 5.41) is 4.72. The minimum Gasteiger partial charge on any atom is -0.399 e. The molecule has 0 aliphatic carbocycles.